The number of carboxylic acid groups (broad SMARTS) is 1. The molecule has 2 atom stereocenters. The molecule has 0 spiro atoms. The topological polar surface area (TPSA) is 116 Å². The van der Waals surface area contributed by atoms with Crippen LogP contribution in [0.2, 0.25) is 0 Å². The van der Waals surface area contributed by atoms with Gasteiger partial charge in [0.1, 0.15) is 6.04 Å². The summed E-state index contributed by atoms with van der Waals surface area (Å²) in [5.74, 6) is -2.25. The zero-order valence-corrected chi connectivity index (χ0v) is 11.0. The summed E-state index contributed by atoms with van der Waals surface area (Å²) in [6.45, 7) is 6.21. The maximum absolute atomic E-state index is 11.6. The van der Waals surface area contributed by atoms with Crippen LogP contribution in [0, 0.1) is 5.41 Å². The first-order valence-electron chi connectivity index (χ1n) is 5.55. The number of hydrogen-bond acceptors (Lipinski definition) is 4. The summed E-state index contributed by atoms with van der Waals surface area (Å²) >= 11 is 0. The van der Waals surface area contributed by atoms with Crippen LogP contribution in [0.4, 0.5) is 0 Å². The molecule has 7 nitrogen and oxygen atoms in total. The first-order chi connectivity index (χ1) is 8.05. The first kappa shape index (κ1) is 16.4. The van der Waals surface area contributed by atoms with Crippen molar-refractivity contribution in [1.29, 1.82) is 0 Å². The SMILES string of the molecule is CC(NC(=O)C(C)(C)C)C(=O)NCC(O)C(=O)O. The van der Waals surface area contributed by atoms with Gasteiger partial charge in [0.15, 0.2) is 6.10 Å². The van der Waals surface area contributed by atoms with Gasteiger partial charge in [-0.1, -0.05) is 20.8 Å². The van der Waals surface area contributed by atoms with Crippen molar-refractivity contribution in [3.8, 4) is 0 Å². The number of aliphatic carboxylic acids is 1. The van der Waals surface area contributed by atoms with E-state index in [0.717, 1.165) is 0 Å². The number of amides is 2. The molecular weight excluding hydrogens is 240 g/mol. The van der Waals surface area contributed by atoms with Gasteiger partial charge in [0.2, 0.25) is 11.8 Å². The lowest BCUT2D eigenvalue weighted by molar-refractivity contribution is -0.146. The molecule has 0 heterocycles. The molecule has 7 heteroatoms. The predicted octanol–water partition coefficient (Wildman–Crippen LogP) is -0.901. The van der Waals surface area contributed by atoms with Gasteiger partial charge in [-0.2, -0.15) is 0 Å². The lowest BCUT2D eigenvalue weighted by Gasteiger charge is -2.21. The minimum atomic E-state index is -1.65. The molecule has 2 unspecified atom stereocenters. The summed E-state index contributed by atoms with van der Waals surface area (Å²) in [4.78, 5) is 33.4. The molecule has 0 radical (unpaired) electrons. The van der Waals surface area contributed by atoms with E-state index >= 15 is 0 Å². The normalized spacial score (nSPS) is 14.5. The molecule has 18 heavy (non-hydrogen) atoms. The Bertz CT molecular complexity index is 335. The Morgan fingerprint density at radius 1 is 1.22 bits per heavy atom. The van der Waals surface area contributed by atoms with Gasteiger partial charge >= 0.3 is 5.97 Å². The van der Waals surface area contributed by atoms with Gasteiger partial charge in [-0.15, -0.1) is 0 Å². The molecule has 0 bridgehead atoms. The molecular formula is C11H20N2O5. The number of carbonyl (C=O) groups excluding carboxylic acids is 2. The molecule has 0 aromatic heterocycles. The van der Waals surface area contributed by atoms with E-state index in [0.29, 0.717) is 0 Å². The van der Waals surface area contributed by atoms with Crippen LogP contribution in [0.3, 0.4) is 0 Å². The molecule has 0 saturated heterocycles. The monoisotopic (exact) mass is 260 g/mol. The van der Waals surface area contributed by atoms with E-state index in [2.05, 4.69) is 10.6 Å². The van der Waals surface area contributed by atoms with E-state index in [4.69, 9.17) is 10.2 Å². The highest BCUT2D eigenvalue weighted by Gasteiger charge is 2.25. The van der Waals surface area contributed by atoms with Crippen molar-refractivity contribution in [2.75, 3.05) is 6.54 Å². The number of carboxylic acids is 1. The van der Waals surface area contributed by atoms with Gasteiger partial charge in [0.25, 0.3) is 0 Å². The maximum Gasteiger partial charge on any atom is 0.334 e. The molecule has 2 amide bonds. The Morgan fingerprint density at radius 2 is 1.72 bits per heavy atom. The summed E-state index contributed by atoms with van der Waals surface area (Å²) in [5.41, 5.74) is -0.616. The summed E-state index contributed by atoms with van der Waals surface area (Å²) in [6, 6.07) is -0.794. The maximum atomic E-state index is 11.6. The highest BCUT2D eigenvalue weighted by atomic mass is 16.4. The average molecular weight is 260 g/mol. The first-order valence-corrected chi connectivity index (χ1v) is 5.55. The van der Waals surface area contributed by atoms with Crippen LogP contribution in [-0.4, -0.2) is 46.7 Å². The number of aliphatic hydroxyl groups excluding tert-OH is 1. The molecule has 0 fully saturated rings. The second-order valence-corrected chi connectivity index (χ2v) is 5.04. The second-order valence-electron chi connectivity index (χ2n) is 5.04. The standard InChI is InChI=1S/C11H20N2O5/c1-6(13-10(18)11(2,3)4)8(15)12-5-7(14)9(16)17/h6-7,14H,5H2,1-4H3,(H,12,15)(H,13,18)(H,16,17). The second kappa shape index (κ2) is 6.34. The molecule has 0 aliphatic rings. The fourth-order valence-corrected chi connectivity index (χ4v) is 0.916. The molecule has 0 saturated carbocycles. The minimum absolute atomic E-state index is 0.288. The molecule has 0 rings (SSSR count). The Kier molecular flexibility index (Phi) is 5.77. The number of carbonyl (C=O) groups is 3. The van der Waals surface area contributed by atoms with Gasteiger partial charge in [-0.25, -0.2) is 4.79 Å². The molecule has 0 aliphatic heterocycles. The van der Waals surface area contributed by atoms with Crippen LogP contribution in [-0.2, 0) is 14.4 Å². The summed E-state index contributed by atoms with van der Waals surface area (Å²) in [7, 11) is 0. The van der Waals surface area contributed by atoms with Crippen molar-refractivity contribution in [3.05, 3.63) is 0 Å². The van der Waals surface area contributed by atoms with Crippen molar-refractivity contribution in [3.63, 3.8) is 0 Å². The van der Waals surface area contributed by atoms with Gasteiger partial charge in [-0.3, -0.25) is 9.59 Å². The summed E-state index contributed by atoms with van der Waals surface area (Å²) in [6.07, 6.45) is -1.65. The molecule has 4 N–H and O–H groups in total. The lowest BCUT2D eigenvalue weighted by Crippen LogP contribution is -2.50. The van der Waals surface area contributed by atoms with E-state index in [-0.39, 0.29) is 5.91 Å². The number of hydrogen-bond donors (Lipinski definition) is 4. The summed E-state index contributed by atoms with van der Waals surface area (Å²) < 4.78 is 0. The molecule has 0 aliphatic carbocycles. The summed E-state index contributed by atoms with van der Waals surface area (Å²) in [5, 5.41) is 22.1. The fraction of sp³-hybridized carbons (Fsp3) is 0.727. The van der Waals surface area contributed by atoms with Crippen molar-refractivity contribution in [2.24, 2.45) is 5.41 Å². The van der Waals surface area contributed by atoms with Crippen LogP contribution in [0.25, 0.3) is 0 Å². The zero-order valence-electron chi connectivity index (χ0n) is 11.0. The van der Waals surface area contributed by atoms with E-state index in [1.807, 2.05) is 0 Å². The van der Waals surface area contributed by atoms with Gasteiger partial charge < -0.3 is 20.8 Å². The van der Waals surface area contributed by atoms with E-state index in [1.54, 1.807) is 20.8 Å². The van der Waals surface area contributed by atoms with Gasteiger partial charge in [0.05, 0.1) is 6.54 Å². The molecule has 104 valence electrons. The number of rotatable bonds is 5. The zero-order chi connectivity index (χ0) is 14.5. The Labute approximate surface area is 106 Å². The third-order valence-corrected chi connectivity index (χ3v) is 2.18. The van der Waals surface area contributed by atoms with Crippen LogP contribution < -0.4 is 10.6 Å². The van der Waals surface area contributed by atoms with Crippen molar-refractivity contribution in [2.45, 2.75) is 39.8 Å². The van der Waals surface area contributed by atoms with Crippen LogP contribution in [0.1, 0.15) is 27.7 Å². The van der Waals surface area contributed by atoms with Crippen LogP contribution in [0.15, 0.2) is 0 Å². The Hall–Kier alpha value is -1.63. The predicted molar refractivity (Wildman–Crippen MR) is 63.7 cm³/mol. The van der Waals surface area contributed by atoms with E-state index < -0.39 is 36.0 Å². The van der Waals surface area contributed by atoms with E-state index in [9.17, 15) is 14.4 Å². The third kappa shape index (κ3) is 5.62. The highest BCUT2D eigenvalue weighted by molar-refractivity contribution is 5.89. The molecule has 0 aromatic rings. The Balaban J connectivity index is 4.20. The van der Waals surface area contributed by atoms with E-state index in [1.165, 1.54) is 6.92 Å². The molecule has 0 aromatic carbocycles. The van der Waals surface area contributed by atoms with Crippen molar-refractivity contribution in [1.82, 2.24) is 10.6 Å². The van der Waals surface area contributed by atoms with Crippen LogP contribution >= 0.6 is 0 Å². The fourth-order valence-electron chi connectivity index (χ4n) is 0.916. The Morgan fingerprint density at radius 3 is 2.11 bits per heavy atom. The highest BCUT2D eigenvalue weighted by Crippen LogP contribution is 2.12. The van der Waals surface area contributed by atoms with Crippen molar-refractivity contribution < 1.29 is 24.6 Å². The van der Waals surface area contributed by atoms with Crippen molar-refractivity contribution >= 4 is 17.8 Å². The average Bonchev–Trinajstić information content (AvgIpc) is 2.23. The van der Waals surface area contributed by atoms with Gasteiger partial charge in [-0.05, 0) is 6.92 Å². The number of aliphatic hydroxyl groups is 1. The third-order valence-electron chi connectivity index (χ3n) is 2.18. The number of nitrogens with one attached hydrogen (secondary N) is 2. The van der Waals surface area contributed by atoms with Crippen LogP contribution in [0.5, 0.6) is 0 Å². The lowest BCUT2D eigenvalue weighted by atomic mass is 9.95. The largest absolute Gasteiger partial charge is 0.479 e. The smallest absolute Gasteiger partial charge is 0.334 e. The van der Waals surface area contributed by atoms with Gasteiger partial charge in [0, 0.05) is 5.41 Å². The minimum Gasteiger partial charge on any atom is -0.479 e. The quantitative estimate of drug-likeness (QED) is 0.511.